The third kappa shape index (κ3) is 3.62. The first kappa shape index (κ1) is 16.0. The van der Waals surface area contributed by atoms with Crippen LogP contribution in [0.5, 0.6) is 0 Å². The monoisotopic (exact) mass is 342 g/mol. The molecule has 0 saturated carbocycles. The molecule has 5 nitrogen and oxygen atoms in total. The average Bonchev–Trinajstić information content (AvgIpc) is 3.37. The van der Waals surface area contributed by atoms with Gasteiger partial charge in [-0.15, -0.1) is 0 Å². The fraction of sp³-hybridized carbons (Fsp3) is 0.0952. The predicted molar refractivity (Wildman–Crippen MR) is 99.1 cm³/mol. The molecule has 26 heavy (non-hydrogen) atoms. The first-order valence-electron chi connectivity index (χ1n) is 8.47. The third-order valence-corrected chi connectivity index (χ3v) is 4.29. The molecule has 0 amide bonds. The highest BCUT2D eigenvalue weighted by Gasteiger charge is 2.10. The maximum Gasteiger partial charge on any atom is 0.193 e. The molecule has 0 radical (unpaired) electrons. The van der Waals surface area contributed by atoms with Crippen LogP contribution in [0.4, 0.5) is 0 Å². The lowest BCUT2D eigenvalue weighted by atomic mass is 9.99. The number of benzene rings is 2. The number of imidazole rings is 2. The van der Waals surface area contributed by atoms with E-state index in [0.29, 0.717) is 11.1 Å². The summed E-state index contributed by atoms with van der Waals surface area (Å²) in [6, 6.07) is 15.4. The summed E-state index contributed by atoms with van der Waals surface area (Å²) in [5.74, 6) is 1.85. The van der Waals surface area contributed by atoms with Crippen molar-refractivity contribution >= 4 is 5.78 Å². The van der Waals surface area contributed by atoms with Gasteiger partial charge < -0.3 is 9.97 Å². The van der Waals surface area contributed by atoms with Gasteiger partial charge in [-0.3, -0.25) is 4.79 Å². The van der Waals surface area contributed by atoms with Crippen molar-refractivity contribution < 1.29 is 4.79 Å². The number of nitrogens with one attached hydrogen (secondary N) is 2. The van der Waals surface area contributed by atoms with Crippen LogP contribution >= 0.6 is 0 Å². The highest BCUT2D eigenvalue weighted by Crippen LogP contribution is 2.15. The number of aromatic amines is 2. The lowest BCUT2D eigenvalue weighted by Gasteiger charge is -2.05. The molecule has 4 aromatic rings. The number of H-pyrrole nitrogens is 2. The molecule has 5 heteroatoms. The Balaban J connectivity index is 1.45. The van der Waals surface area contributed by atoms with Crippen molar-refractivity contribution in [3.05, 3.63) is 107 Å². The van der Waals surface area contributed by atoms with E-state index in [1.54, 1.807) is 12.4 Å². The second-order valence-electron chi connectivity index (χ2n) is 6.15. The van der Waals surface area contributed by atoms with Gasteiger partial charge in [0.2, 0.25) is 0 Å². The Morgan fingerprint density at radius 1 is 0.692 bits per heavy atom. The van der Waals surface area contributed by atoms with E-state index in [1.807, 2.05) is 60.9 Å². The Labute approximate surface area is 151 Å². The van der Waals surface area contributed by atoms with Crippen molar-refractivity contribution in [1.82, 2.24) is 19.9 Å². The molecule has 0 aliphatic carbocycles. The molecule has 2 N–H and O–H groups in total. The summed E-state index contributed by atoms with van der Waals surface area (Å²) in [6.07, 6.45) is 8.54. The lowest BCUT2D eigenvalue weighted by molar-refractivity contribution is 0.103. The van der Waals surface area contributed by atoms with Crippen LogP contribution in [-0.4, -0.2) is 25.7 Å². The first-order chi connectivity index (χ1) is 12.8. The quantitative estimate of drug-likeness (QED) is 0.526. The highest BCUT2D eigenvalue weighted by molar-refractivity contribution is 6.09. The Kier molecular flexibility index (Phi) is 4.43. The van der Waals surface area contributed by atoms with E-state index in [9.17, 15) is 4.79 Å². The standard InChI is InChI=1S/C21H18N4O/c26-21(17-5-1-15(2-6-17)13-19-22-9-10-23-19)18-7-3-16(4-8-18)14-20-24-11-12-25-20/h1-12H,13-14H2,(H,22,23)(H,24,25). The fourth-order valence-corrected chi connectivity index (χ4v) is 2.89. The zero-order valence-electron chi connectivity index (χ0n) is 14.1. The zero-order chi connectivity index (χ0) is 17.8. The summed E-state index contributed by atoms with van der Waals surface area (Å²) in [4.78, 5) is 27.3. The second-order valence-corrected chi connectivity index (χ2v) is 6.15. The molecule has 4 rings (SSSR count). The largest absolute Gasteiger partial charge is 0.348 e. The third-order valence-electron chi connectivity index (χ3n) is 4.29. The van der Waals surface area contributed by atoms with Crippen molar-refractivity contribution in [2.24, 2.45) is 0 Å². The smallest absolute Gasteiger partial charge is 0.193 e. The number of nitrogens with zero attached hydrogens (tertiary/aromatic N) is 2. The minimum absolute atomic E-state index is 0.0269. The van der Waals surface area contributed by atoms with Crippen molar-refractivity contribution in [3.8, 4) is 0 Å². The summed E-state index contributed by atoms with van der Waals surface area (Å²) < 4.78 is 0. The van der Waals surface area contributed by atoms with Gasteiger partial charge in [0, 0.05) is 48.8 Å². The van der Waals surface area contributed by atoms with Crippen LogP contribution in [0.1, 0.15) is 38.7 Å². The number of aromatic nitrogens is 4. The maximum absolute atomic E-state index is 12.7. The molecule has 0 unspecified atom stereocenters. The number of ketones is 1. The maximum atomic E-state index is 12.7. The second kappa shape index (κ2) is 7.19. The van der Waals surface area contributed by atoms with Crippen molar-refractivity contribution in [3.63, 3.8) is 0 Å². The van der Waals surface area contributed by atoms with E-state index < -0.39 is 0 Å². The van der Waals surface area contributed by atoms with Gasteiger partial charge in [0.1, 0.15) is 11.6 Å². The molecule has 0 fully saturated rings. The molecule has 2 aromatic heterocycles. The highest BCUT2D eigenvalue weighted by atomic mass is 16.1. The van der Waals surface area contributed by atoms with Crippen LogP contribution < -0.4 is 0 Å². The van der Waals surface area contributed by atoms with Crippen LogP contribution in [-0.2, 0) is 12.8 Å². The van der Waals surface area contributed by atoms with Gasteiger partial charge >= 0.3 is 0 Å². The van der Waals surface area contributed by atoms with Crippen LogP contribution in [0, 0.1) is 0 Å². The van der Waals surface area contributed by atoms with Crippen LogP contribution in [0.3, 0.4) is 0 Å². The molecule has 0 atom stereocenters. The lowest BCUT2D eigenvalue weighted by Crippen LogP contribution is -2.02. The van der Waals surface area contributed by atoms with E-state index in [-0.39, 0.29) is 5.78 Å². The van der Waals surface area contributed by atoms with E-state index in [4.69, 9.17) is 0 Å². The van der Waals surface area contributed by atoms with Crippen LogP contribution in [0.25, 0.3) is 0 Å². The van der Waals surface area contributed by atoms with E-state index in [2.05, 4.69) is 19.9 Å². The number of carbonyl (C=O) groups is 1. The topological polar surface area (TPSA) is 74.4 Å². The van der Waals surface area contributed by atoms with Crippen LogP contribution in [0.15, 0.2) is 73.3 Å². The van der Waals surface area contributed by atoms with Crippen molar-refractivity contribution in [1.29, 1.82) is 0 Å². The van der Waals surface area contributed by atoms with Gasteiger partial charge in [0.05, 0.1) is 0 Å². The summed E-state index contributed by atoms with van der Waals surface area (Å²) in [5, 5.41) is 0. The van der Waals surface area contributed by atoms with Crippen molar-refractivity contribution in [2.75, 3.05) is 0 Å². The van der Waals surface area contributed by atoms with Gasteiger partial charge in [0.25, 0.3) is 0 Å². The summed E-state index contributed by atoms with van der Waals surface area (Å²) in [6.45, 7) is 0. The number of hydrogen-bond acceptors (Lipinski definition) is 3. The molecule has 0 saturated heterocycles. The summed E-state index contributed by atoms with van der Waals surface area (Å²) in [7, 11) is 0. The molecule has 0 aliphatic heterocycles. The van der Waals surface area contributed by atoms with E-state index in [0.717, 1.165) is 35.6 Å². The number of rotatable bonds is 6. The van der Waals surface area contributed by atoms with Gasteiger partial charge in [-0.2, -0.15) is 0 Å². The molecule has 0 bridgehead atoms. The minimum Gasteiger partial charge on any atom is -0.348 e. The molecule has 128 valence electrons. The van der Waals surface area contributed by atoms with E-state index >= 15 is 0 Å². The Hall–Kier alpha value is -3.47. The molecular weight excluding hydrogens is 324 g/mol. The first-order valence-corrected chi connectivity index (χ1v) is 8.47. The zero-order valence-corrected chi connectivity index (χ0v) is 14.1. The molecular formula is C21H18N4O. The van der Waals surface area contributed by atoms with Crippen molar-refractivity contribution in [2.45, 2.75) is 12.8 Å². The average molecular weight is 342 g/mol. The van der Waals surface area contributed by atoms with Crippen LogP contribution in [0.2, 0.25) is 0 Å². The predicted octanol–water partition coefficient (Wildman–Crippen LogP) is 3.55. The number of carbonyl (C=O) groups excluding carboxylic acids is 1. The fourth-order valence-electron chi connectivity index (χ4n) is 2.89. The molecule has 0 aliphatic rings. The summed E-state index contributed by atoms with van der Waals surface area (Å²) >= 11 is 0. The van der Waals surface area contributed by atoms with E-state index in [1.165, 1.54) is 0 Å². The normalized spacial score (nSPS) is 10.8. The SMILES string of the molecule is O=C(c1ccc(Cc2ncc[nH]2)cc1)c1ccc(Cc2ncc[nH]2)cc1. The minimum atomic E-state index is 0.0269. The Bertz CT molecular complexity index is 888. The summed E-state index contributed by atoms with van der Waals surface area (Å²) in [5.41, 5.74) is 3.61. The molecule has 2 heterocycles. The van der Waals surface area contributed by atoms with Gasteiger partial charge in [0.15, 0.2) is 5.78 Å². The molecule has 0 spiro atoms. The molecule has 2 aromatic carbocycles. The Morgan fingerprint density at radius 2 is 1.12 bits per heavy atom. The van der Waals surface area contributed by atoms with Gasteiger partial charge in [-0.25, -0.2) is 9.97 Å². The number of hydrogen-bond donors (Lipinski definition) is 2. The van der Waals surface area contributed by atoms with Gasteiger partial charge in [-0.1, -0.05) is 48.5 Å². The van der Waals surface area contributed by atoms with Gasteiger partial charge in [-0.05, 0) is 11.1 Å². The Morgan fingerprint density at radius 3 is 1.46 bits per heavy atom.